The number of furan rings is 1. The number of nitrogens with one attached hydrogen (secondary N) is 1. The molecule has 5 rings (SSSR count). The van der Waals surface area contributed by atoms with Crippen LogP contribution in [0.3, 0.4) is 0 Å². The third kappa shape index (κ3) is 3.30. The Morgan fingerprint density at radius 1 is 1.03 bits per heavy atom. The number of fused-ring (bicyclic) bond motifs is 2. The summed E-state index contributed by atoms with van der Waals surface area (Å²) < 4.78 is 22.5. The molecule has 156 valence electrons. The van der Waals surface area contributed by atoms with Gasteiger partial charge in [-0.05, 0) is 26.0 Å². The van der Waals surface area contributed by atoms with Crippen LogP contribution < -0.4 is 19.7 Å². The highest BCUT2D eigenvalue weighted by Gasteiger charge is 2.27. The van der Waals surface area contributed by atoms with Gasteiger partial charge in [0.05, 0.1) is 24.2 Å². The van der Waals surface area contributed by atoms with Crippen LogP contribution in [0.1, 0.15) is 21.9 Å². The lowest BCUT2D eigenvalue weighted by atomic mass is 10.1. The van der Waals surface area contributed by atoms with Gasteiger partial charge in [-0.15, -0.1) is 0 Å². The second-order valence-electron chi connectivity index (χ2n) is 7.22. The molecule has 0 saturated carbocycles. The van der Waals surface area contributed by atoms with E-state index in [0.29, 0.717) is 90.8 Å². The van der Waals surface area contributed by atoms with Gasteiger partial charge in [-0.3, -0.25) is 4.79 Å². The molecule has 2 aromatic heterocycles. The highest BCUT2D eigenvalue weighted by molar-refractivity contribution is 6.15. The minimum Gasteiger partial charge on any atom is -0.486 e. The average Bonchev–Trinajstić information content (AvgIpc) is 3.09. The molecule has 9 heteroatoms. The largest absolute Gasteiger partial charge is 0.486 e. The van der Waals surface area contributed by atoms with Crippen molar-refractivity contribution in [1.29, 1.82) is 0 Å². The van der Waals surface area contributed by atoms with Gasteiger partial charge in [-0.2, -0.15) is 4.98 Å². The Kier molecular flexibility index (Phi) is 4.66. The first-order valence-electron chi connectivity index (χ1n) is 9.91. The standard InChI is InChI=1S/C21H22N4O5/c1-12-17(20(26)24-14-3-4-15-16(11-14)29-10-9-28-15)18-19(25-5-7-27-8-6-25)22-13(2)23-21(18)30-12/h3-4,11H,5-10H2,1-2H3,(H,24,26). The Hall–Kier alpha value is -3.33. The van der Waals surface area contributed by atoms with Gasteiger partial charge in [-0.1, -0.05) is 0 Å². The maximum atomic E-state index is 13.3. The summed E-state index contributed by atoms with van der Waals surface area (Å²) in [7, 11) is 0. The minimum absolute atomic E-state index is 0.287. The van der Waals surface area contributed by atoms with Crippen molar-refractivity contribution in [2.45, 2.75) is 13.8 Å². The molecule has 1 amide bonds. The van der Waals surface area contributed by atoms with Crippen LogP contribution >= 0.6 is 0 Å². The molecule has 0 radical (unpaired) electrons. The van der Waals surface area contributed by atoms with E-state index in [-0.39, 0.29) is 5.91 Å². The zero-order valence-corrected chi connectivity index (χ0v) is 16.9. The van der Waals surface area contributed by atoms with Crippen LogP contribution in [0.5, 0.6) is 11.5 Å². The van der Waals surface area contributed by atoms with E-state index in [1.54, 1.807) is 25.1 Å². The van der Waals surface area contributed by atoms with E-state index in [4.69, 9.17) is 18.6 Å². The normalized spacial score (nSPS) is 16.0. The van der Waals surface area contributed by atoms with E-state index in [2.05, 4.69) is 20.2 Å². The summed E-state index contributed by atoms with van der Waals surface area (Å²) in [5, 5.41) is 3.56. The topological polar surface area (TPSA) is 99.0 Å². The van der Waals surface area contributed by atoms with E-state index in [9.17, 15) is 4.79 Å². The van der Waals surface area contributed by atoms with E-state index >= 15 is 0 Å². The number of nitrogens with zero attached hydrogens (tertiary/aromatic N) is 3. The third-order valence-corrected chi connectivity index (χ3v) is 5.16. The quantitative estimate of drug-likeness (QED) is 0.704. The van der Waals surface area contributed by atoms with Crippen molar-refractivity contribution in [2.24, 2.45) is 0 Å². The van der Waals surface area contributed by atoms with Crippen LogP contribution in [-0.4, -0.2) is 55.4 Å². The Labute approximate surface area is 172 Å². The number of hydrogen-bond donors (Lipinski definition) is 1. The average molecular weight is 410 g/mol. The van der Waals surface area contributed by atoms with E-state index in [0.717, 1.165) is 0 Å². The molecule has 3 aromatic rings. The maximum Gasteiger partial charge on any atom is 0.260 e. The molecule has 0 aliphatic carbocycles. The molecule has 1 N–H and O–H groups in total. The van der Waals surface area contributed by atoms with Gasteiger partial charge in [0.15, 0.2) is 11.5 Å². The molecule has 30 heavy (non-hydrogen) atoms. The molecular formula is C21H22N4O5. The molecule has 2 aliphatic heterocycles. The number of carbonyl (C=O) groups is 1. The fourth-order valence-electron chi connectivity index (χ4n) is 3.79. The second kappa shape index (κ2) is 7.49. The number of anilines is 2. The van der Waals surface area contributed by atoms with Crippen LogP contribution in [-0.2, 0) is 4.74 Å². The second-order valence-corrected chi connectivity index (χ2v) is 7.22. The van der Waals surface area contributed by atoms with Crippen molar-refractivity contribution in [3.8, 4) is 11.5 Å². The number of ether oxygens (including phenoxy) is 3. The predicted molar refractivity (Wildman–Crippen MR) is 110 cm³/mol. The summed E-state index contributed by atoms with van der Waals surface area (Å²) in [6.07, 6.45) is 0. The highest BCUT2D eigenvalue weighted by atomic mass is 16.6. The third-order valence-electron chi connectivity index (χ3n) is 5.16. The number of aromatic nitrogens is 2. The van der Waals surface area contributed by atoms with Crippen LogP contribution in [0.4, 0.5) is 11.5 Å². The van der Waals surface area contributed by atoms with Crippen molar-refractivity contribution in [2.75, 3.05) is 49.7 Å². The van der Waals surface area contributed by atoms with Gasteiger partial charge in [0, 0.05) is 24.8 Å². The van der Waals surface area contributed by atoms with Gasteiger partial charge in [-0.25, -0.2) is 4.98 Å². The fourth-order valence-corrected chi connectivity index (χ4v) is 3.79. The number of amides is 1. The first-order chi connectivity index (χ1) is 14.6. The number of benzene rings is 1. The summed E-state index contributed by atoms with van der Waals surface area (Å²) in [6.45, 7) is 7.19. The lowest BCUT2D eigenvalue weighted by Gasteiger charge is -2.28. The summed E-state index contributed by atoms with van der Waals surface area (Å²) in [4.78, 5) is 24.4. The van der Waals surface area contributed by atoms with Gasteiger partial charge in [0.1, 0.15) is 30.6 Å². The molecule has 0 bridgehead atoms. The lowest BCUT2D eigenvalue weighted by molar-refractivity contribution is 0.102. The predicted octanol–water partition coefficient (Wildman–Crippen LogP) is 2.70. The van der Waals surface area contributed by atoms with Gasteiger partial charge < -0.3 is 28.8 Å². The van der Waals surface area contributed by atoms with Crippen LogP contribution in [0.2, 0.25) is 0 Å². The van der Waals surface area contributed by atoms with Gasteiger partial charge in [0.2, 0.25) is 5.71 Å². The SMILES string of the molecule is Cc1nc(N2CCOCC2)c2c(C(=O)Nc3ccc4c(c3)OCCO4)c(C)oc2n1. The van der Waals surface area contributed by atoms with Crippen molar-refractivity contribution >= 4 is 28.5 Å². The molecule has 1 saturated heterocycles. The first-order valence-corrected chi connectivity index (χ1v) is 9.91. The molecule has 9 nitrogen and oxygen atoms in total. The first kappa shape index (κ1) is 18.7. The zero-order valence-electron chi connectivity index (χ0n) is 16.9. The van der Waals surface area contributed by atoms with Crippen molar-refractivity contribution in [3.05, 3.63) is 35.3 Å². The van der Waals surface area contributed by atoms with E-state index in [1.807, 2.05) is 6.92 Å². The molecule has 1 aromatic carbocycles. The van der Waals surface area contributed by atoms with Gasteiger partial charge in [0.25, 0.3) is 5.91 Å². The highest BCUT2D eigenvalue weighted by Crippen LogP contribution is 2.35. The maximum absolute atomic E-state index is 13.3. The Balaban J connectivity index is 1.53. The molecule has 1 fully saturated rings. The molecular weight excluding hydrogens is 388 g/mol. The summed E-state index contributed by atoms with van der Waals surface area (Å²) in [5.41, 5.74) is 1.45. The van der Waals surface area contributed by atoms with Crippen LogP contribution in [0, 0.1) is 13.8 Å². The van der Waals surface area contributed by atoms with Crippen LogP contribution in [0.25, 0.3) is 11.1 Å². The Morgan fingerprint density at radius 2 is 1.80 bits per heavy atom. The Morgan fingerprint density at radius 3 is 2.60 bits per heavy atom. The molecule has 0 unspecified atom stereocenters. The molecule has 0 atom stereocenters. The summed E-state index contributed by atoms with van der Waals surface area (Å²) in [6, 6.07) is 5.33. The molecule has 0 spiro atoms. The smallest absolute Gasteiger partial charge is 0.260 e. The molecule has 4 heterocycles. The van der Waals surface area contributed by atoms with Crippen molar-refractivity contribution in [1.82, 2.24) is 9.97 Å². The summed E-state index contributed by atoms with van der Waals surface area (Å²) >= 11 is 0. The van der Waals surface area contributed by atoms with Crippen molar-refractivity contribution in [3.63, 3.8) is 0 Å². The number of aryl methyl sites for hydroxylation is 2. The fraction of sp³-hybridized carbons (Fsp3) is 0.381. The number of hydrogen-bond acceptors (Lipinski definition) is 8. The minimum atomic E-state index is -0.287. The Bertz CT molecular complexity index is 1120. The lowest BCUT2D eigenvalue weighted by Crippen LogP contribution is -2.37. The van der Waals surface area contributed by atoms with Crippen molar-refractivity contribution < 1.29 is 23.4 Å². The van der Waals surface area contributed by atoms with E-state index < -0.39 is 0 Å². The van der Waals surface area contributed by atoms with E-state index in [1.165, 1.54) is 0 Å². The number of morpholine rings is 1. The zero-order chi connectivity index (χ0) is 20.7. The van der Waals surface area contributed by atoms with Gasteiger partial charge >= 0.3 is 0 Å². The number of carbonyl (C=O) groups excluding carboxylic acids is 1. The molecule has 2 aliphatic rings. The number of rotatable bonds is 3. The van der Waals surface area contributed by atoms with Crippen LogP contribution in [0.15, 0.2) is 22.6 Å². The summed E-state index contributed by atoms with van der Waals surface area (Å²) in [5.74, 6) is 2.78. The monoisotopic (exact) mass is 410 g/mol.